The number of hydrogen-bond donors (Lipinski definition) is 2. The number of alkyl carbamates (subject to hydrolysis) is 1. The second-order valence-electron chi connectivity index (χ2n) is 6.25. The summed E-state index contributed by atoms with van der Waals surface area (Å²) in [4.78, 5) is 11.6. The SMILES string of the molecule is CC(C)(C)OC(=O)NC1CC1NCc1cc(Cl)cc(Cl)c1. The van der Waals surface area contributed by atoms with Crippen molar-refractivity contribution in [3.8, 4) is 0 Å². The van der Waals surface area contributed by atoms with Crippen molar-refractivity contribution in [1.29, 1.82) is 0 Å². The summed E-state index contributed by atoms with van der Waals surface area (Å²) in [6.45, 7) is 6.20. The maximum absolute atomic E-state index is 11.6. The van der Waals surface area contributed by atoms with Crippen LogP contribution in [0.15, 0.2) is 18.2 Å². The minimum absolute atomic E-state index is 0.120. The van der Waals surface area contributed by atoms with E-state index in [0.717, 1.165) is 12.0 Å². The number of carbonyl (C=O) groups is 1. The third-order valence-corrected chi connectivity index (χ3v) is 3.42. The normalized spacial score (nSPS) is 21.0. The van der Waals surface area contributed by atoms with Gasteiger partial charge in [0.25, 0.3) is 0 Å². The highest BCUT2D eigenvalue weighted by Gasteiger charge is 2.38. The van der Waals surface area contributed by atoms with E-state index in [1.54, 1.807) is 6.07 Å². The molecule has 0 aliphatic heterocycles. The average Bonchev–Trinajstić information content (AvgIpc) is 3.00. The van der Waals surface area contributed by atoms with Crippen LogP contribution in [0.1, 0.15) is 32.8 Å². The molecule has 1 aliphatic rings. The molecule has 0 bridgehead atoms. The van der Waals surface area contributed by atoms with Gasteiger partial charge in [-0.05, 0) is 51.0 Å². The van der Waals surface area contributed by atoms with Gasteiger partial charge in [-0.15, -0.1) is 0 Å². The van der Waals surface area contributed by atoms with Gasteiger partial charge >= 0.3 is 6.09 Å². The highest BCUT2D eigenvalue weighted by atomic mass is 35.5. The fraction of sp³-hybridized carbons (Fsp3) is 0.533. The molecule has 116 valence electrons. The fourth-order valence-corrected chi connectivity index (χ4v) is 2.57. The van der Waals surface area contributed by atoms with Gasteiger partial charge in [-0.1, -0.05) is 23.2 Å². The lowest BCUT2D eigenvalue weighted by molar-refractivity contribution is 0.0522. The molecular formula is C15H20Cl2N2O2. The highest BCUT2D eigenvalue weighted by molar-refractivity contribution is 6.34. The van der Waals surface area contributed by atoms with E-state index >= 15 is 0 Å². The Kier molecular flexibility index (Phi) is 5.02. The van der Waals surface area contributed by atoms with Crippen LogP contribution in [-0.4, -0.2) is 23.8 Å². The Morgan fingerprint density at radius 3 is 2.43 bits per heavy atom. The van der Waals surface area contributed by atoms with Crippen molar-refractivity contribution in [1.82, 2.24) is 10.6 Å². The number of halogens is 2. The van der Waals surface area contributed by atoms with E-state index in [4.69, 9.17) is 27.9 Å². The molecule has 2 rings (SSSR count). The van der Waals surface area contributed by atoms with E-state index in [9.17, 15) is 4.79 Å². The number of nitrogens with one attached hydrogen (secondary N) is 2. The van der Waals surface area contributed by atoms with Crippen LogP contribution < -0.4 is 10.6 Å². The highest BCUT2D eigenvalue weighted by Crippen LogP contribution is 2.24. The Labute approximate surface area is 135 Å². The molecule has 1 aliphatic carbocycles. The summed E-state index contributed by atoms with van der Waals surface area (Å²) >= 11 is 11.9. The summed E-state index contributed by atoms with van der Waals surface area (Å²) in [6.07, 6.45) is 0.524. The van der Waals surface area contributed by atoms with Gasteiger partial charge < -0.3 is 15.4 Å². The van der Waals surface area contributed by atoms with E-state index < -0.39 is 5.60 Å². The van der Waals surface area contributed by atoms with Crippen LogP contribution in [0.3, 0.4) is 0 Å². The molecule has 1 fully saturated rings. The maximum Gasteiger partial charge on any atom is 0.407 e. The van der Waals surface area contributed by atoms with E-state index in [1.165, 1.54) is 0 Å². The predicted octanol–water partition coefficient (Wildman–Crippen LogP) is 3.75. The number of hydrogen-bond acceptors (Lipinski definition) is 3. The number of carbonyl (C=O) groups excluding carboxylic acids is 1. The summed E-state index contributed by atoms with van der Waals surface area (Å²) in [5.41, 5.74) is 0.551. The average molecular weight is 331 g/mol. The molecule has 1 aromatic rings. The lowest BCUT2D eigenvalue weighted by atomic mass is 10.2. The zero-order chi connectivity index (χ0) is 15.6. The Hall–Kier alpha value is -0.970. The summed E-state index contributed by atoms with van der Waals surface area (Å²) in [5, 5.41) is 7.45. The van der Waals surface area contributed by atoms with E-state index in [-0.39, 0.29) is 18.2 Å². The molecule has 4 nitrogen and oxygen atoms in total. The molecule has 2 unspecified atom stereocenters. The summed E-state index contributed by atoms with van der Waals surface area (Å²) < 4.78 is 5.22. The molecule has 1 aromatic carbocycles. The van der Waals surface area contributed by atoms with E-state index in [0.29, 0.717) is 16.6 Å². The Bertz CT molecular complexity index is 509. The second kappa shape index (κ2) is 6.42. The van der Waals surface area contributed by atoms with Gasteiger partial charge in [0.2, 0.25) is 0 Å². The van der Waals surface area contributed by atoms with Gasteiger partial charge in [0, 0.05) is 28.7 Å². The van der Waals surface area contributed by atoms with Crippen LogP contribution in [0.4, 0.5) is 4.79 Å². The minimum Gasteiger partial charge on any atom is -0.444 e. The predicted molar refractivity (Wildman–Crippen MR) is 84.9 cm³/mol. The topological polar surface area (TPSA) is 50.4 Å². The first-order valence-corrected chi connectivity index (χ1v) is 7.66. The Balaban J connectivity index is 1.73. The Morgan fingerprint density at radius 2 is 1.86 bits per heavy atom. The third-order valence-electron chi connectivity index (χ3n) is 2.98. The van der Waals surface area contributed by atoms with Gasteiger partial charge in [0.1, 0.15) is 5.60 Å². The number of benzene rings is 1. The number of ether oxygens (including phenoxy) is 1. The van der Waals surface area contributed by atoms with Crippen molar-refractivity contribution in [2.24, 2.45) is 0 Å². The Morgan fingerprint density at radius 1 is 1.24 bits per heavy atom. The van der Waals surface area contributed by atoms with Crippen LogP contribution in [0.25, 0.3) is 0 Å². The molecule has 21 heavy (non-hydrogen) atoms. The molecule has 6 heteroatoms. The van der Waals surface area contributed by atoms with Crippen LogP contribution in [-0.2, 0) is 11.3 Å². The van der Waals surface area contributed by atoms with Crippen LogP contribution in [0.5, 0.6) is 0 Å². The van der Waals surface area contributed by atoms with Crippen LogP contribution in [0, 0.1) is 0 Å². The molecular weight excluding hydrogens is 311 g/mol. The van der Waals surface area contributed by atoms with Gasteiger partial charge in [-0.2, -0.15) is 0 Å². The van der Waals surface area contributed by atoms with Crippen LogP contribution in [0.2, 0.25) is 10.0 Å². The van der Waals surface area contributed by atoms with E-state index in [1.807, 2.05) is 32.9 Å². The fourth-order valence-electron chi connectivity index (χ4n) is 2.00. The molecule has 0 spiro atoms. The summed E-state index contributed by atoms with van der Waals surface area (Å²) in [7, 11) is 0. The van der Waals surface area contributed by atoms with E-state index in [2.05, 4.69) is 10.6 Å². The van der Waals surface area contributed by atoms with Crippen molar-refractivity contribution in [2.75, 3.05) is 0 Å². The molecule has 1 saturated carbocycles. The standard InChI is InChI=1S/C15H20Cl2N2O2/c1-15(2,3)21-14(20)19-13-7-12(13)18-8-9-4-10(16)6-11(17)5-9/h4-6,12-13,18H,7-8H2,1-3H3,(H,19,20). The molecule has 2 atom stereocenters. The first-order chi connectivity index (χ1) is 9.73. The summed E-state index contributed by atoms with van der Waals surface area (Å²) in [5.74, 6) is 0. The maximum atomic E-state index is 11.6. The second-order valence-corrected chi connectivity index (χ2v) is 7.13. The number of rotatable bonds is 4. The first kappa shape index (κ1) is 16.4. The molecule has 0 saturated heterocycles. The van der Waals surface area contributed by atoms with Gasteiger partial charge in [-0.3, -0.25) is 0 Å². The first-order valence-electron chi connectivity index (χ1n) is 6.91. The minimum atomic E-state index is -0.473. The quantitative estimate of drug-likeness (QED) is 0.883. The molecule has 0 aromatic heterocycles. The lowest BCUT2D eigenvalue weighted by Crippen LogP contribution is -2.36. The largest absolute Gasteiger partial charge is 0.444 e. The van der Waals surface area contributed by atoms with Crippen molar-refractivity contribution < 1.29 is 9.53 Å². The molecule has 0 radical (unpaired) electrons. The molecule has 1 amide bonds. The van der Waals surface area contributed by atoms with Gasteiger partial charge in [-0.25, -0.2) is 4.79 Å². The zero-order valence-corrected chi connectivity index (χ0v) is 13.9. The zero-order valence-electron chi connectivity index (χ0n) is 12.4. The summed E-state index contributed by atoms with van der Waals surface area (Å²) in [6, 6.07) is 5.83. The van der Waals surface area contributed by atoms with Gasteiger partial charge in [0.05, 0.1) is 0 Å². The van der Waals surface area contributed by atoms with Crippen molar-refractivity contribution in [3.05, 3.63) is 33.8 Å². The lowest BCUT2D eigenvalue weighted by Gasteiger charge is -2.19. The van der Waals surface area contributed by atoms with Crippen LogP contribution >= 0.6 is 23.2 Å². The van der Waals surface area contributed by atoms with Crippen molar-refractivity contribution in [2.45, 2.75) is 51.4 Å². The smallest absolute Gasteiger partial charge is 0.407 e. The number of amides is 1. The van der Waals surface area contributed by atoms with Crippen molar-refractivity contribution >= 4 is 29.3 Å². The third kappa shape index (κ3) is 5.73. The molecule has 2 N–H and O–H groups in total. The van der Waals surface area contributed by atoms with Crippen molar-refractivity contribution in [3.63, 3.8) is 0 Å². The monoisotopic (exact) mass is 330 g/mol. The molecule has 0 heterocycles. The van der Waals surface area contributed by atoms with Gasteiger partial charge in [0.15, 0.2) is 0 Å².